The number of nitrogens with one attached hydrogen (secondary N) is 1. The molecule has 1 aliphatic carbocycles. The summed E-state index contributed by atoms with van der Waals surface area (Å²) >= 11 is 1.49. The monoisotopic (exact) mass is 576 g/mol. The number of ketones is 1. The molecule has 0 radical (unpaired) electrons. The number of benzene rings is 3. The van der Waals surface area contributed by atoms with Crippen molar-refractivity contribution in [3.05, 3.63) is 118 Å². The van der Waals surface area contributed by atoms with Crippen LogP contribution in [0.2, 0.25) is 0 Å². The van der Waals surface area contributed by atoms with E-state index in [2.05, 4.69) is 10.3 Å². The van der Waals surface area contributed by atoms with Gasteiger partial charge in [0.15, 0.2) is 11.5 Å². The Morgan fingerprint density at radius 3 is 2.55 bits per heavy atom. The molecular formula is C31H24N6O4S. The zero-order chi connectivity index (χ0) is 28.6. The van der Waals surface area contributed by atoms with Crippen LogP contribution in [0.15, 0.2) is 106 Å². The van der Waals surface area contributed by atoms with E-state index < -0.39 is 11.0 Å². The van der Waals surface area contributed by atoms with Crippen molar-refractivity contribution in [2.24, 2.45) is 0 Å². The van der Waals surface area contributed by atoms with E-state index in [9.17, 15) is 14.9 Å². The number of carbonyl (C=O) groups is 1. The number of rotatable bonds is 7. The quantitative estimate of drug-likeness (QED) is 0.126. The van der Waals surface area contributed by atoms with Crippen molar-refractivity contribution < 1.29 is 14.1 Å². The van der Waals surface area contributed by atoms with E-state index in [4.69, 9.17) is 14.5 Å². The fraction of sp³-hybridized carbons (Fsp3) is 0.161. The van der Waals surface area contributed by atoms with Gasteiger partial charge < -0.3 is 9.73 Å². The average Bonchev–Trinajstić information content (AvgIpc) is 3.68. The molecule has 0 fully saturated rings. The van der Waals surface area contributed by atoms with Gasteiger partial charge in [-0.25, -0.2) is 9.67 Å². The summed E-state index contributed by atoms with van der Waals surface area (Å²) in [6.07, 6.45) is 3.71. The second-order valence-corrected chi connectivity index (χ2v) is 11.0. The summed E-state index contributed by atoms with van der Waals surface area (Å²) in [4.78, 5) is 33.0. The number of aromatic nitrogens is 4. The number of nitro groups is 1. The molecule has 7 rings (SSSR count). The standard InChI is InChI=1S/C31H24N6O4S/c38-25-8-4-7-24-27(25)28(21-13-15-23(16-14-21)37(39)40)36-30(33-24)34-31(35-36)42-18-19-9-11-22(12-10-19)29-32-17-26(41-29)20-5-2-1-3-6-20/h1-3,5-6,9-17,28H,4,7-8,18H2,(H,33,34,35)/t28-/m0/s1. The van der Waals surface area contributed by atoms with Crippen molar-refractivity contribution in [2.75, 3.05) is 5.32 Å². The molecular weight excluding hydrogens is 552 g/mol. The van der Waals surface area contributed by atoms with Gasteiger partial charge in [0.05, 0.1) is 11.1 Å². The molecule has 3 heterocycles. The van der Waals surface area contributed by atoms with Gasteiger partial charge in [-0.15, -0.1) is 5.10 Å². The molecule has 5 aromatic rings. The largest absolute Gasteiger partial charge is 0.436 e. The van der Waals surface area contributed by atoms with Crippen LogP contribution in [0.3, 0.4) is 0 Å². The van der Waals surface area contributed by atoms with Crippen LogP contribution in [0.5, 0.6) is 0 Å². The fourth-order valence-corrected chi connectivity index (χ4v) is 6.10. The van der Waals surface area contributed by atoms with E-state index >= 15 is 0 Å². The zero-order valence-electron chi connectivity index (χ0n) is 22.3. The number of fused-ring (bicyclic) bond motifs is 1. The maximum atomic E-state index is 13.0. The molecule has 0 saturated heterocycles. The van der Waals surface area contributed by atoms with E-state index in [0.717, 1.165) is 46.6 Å². The maximum Gasteiger partial charge on any atom is 0.269 e. The molecule has 2 aromatic heterocycles. The van der Waals surface area contributed by atoms with Crippen molar-refractivity contribution in [1.82, 2.24) is 19.7 Å². The fourth-order valence-electron chi connectivity index (χ4n) is 5.32. The molecule has 0 amide bonds. The highest BCUT2D eigenvalue weighted by Crippen LogP contribution is 2.41. The first-order chi connectivity index (χ1) is 20.5. The number of oxazole rings is 1. The lowest BCUT2D eigenvalue weighted by Crippen LogP contribution is -2.31. The number of hydrogen-bond acceptors (Lipinski definition) is 9. The lowest BCUT2D eigenvalue weighted by Gasteiger charge is -2.32. The minimum absolute atomic E-state index is 0.00241. The van der Waals surface area contributed by atoms with Crippen LogP contribution in [0.25, 0.3) is 22.8 Å². The van der Waals surface area contributed by atoms with Gasteiger partial charge in [-0.05, 0) is 48.2 Å². The molecule has 1 aliphatic heterocycles. The molecule has 0 unspecified atom stereocenters. The van der Waals surface area contributed by atoms with Crippen LogP contribution in [0.1, 0.15) is 36.4 Å². The zero-order valence-corrected chi connectivity index (χ0v) is 23.1. The molecule has 0 spiro atoms. The molecule has 11 heteroatoms. The lowest BCUT2D eigenvalue weighted by molar-refractivity contribution is -0.384. The first-order valence-electron chi connectivity index (χ1n) is 13.5. The van der Waals surface area contributed by atoms with Crippen molar-refractivity contribution in [3.8, 4) is 22.8 Å². The van der Waals surface area contributed by atoms with Gasteiger partial charge in [-0.1, -0.05) is 54.2 Å². The minimum atomic E-state index is -0.493. The van der Waals surface area contributed by atoms with Crippen molar-refractivity contribution in [1.29, 1.82) is 0 Å². The molecule has 42 heavy (non-hydrogen) atoms. The van der Waals surface area contributed by atoms with Crippen molar-refractivity contribution in [3.63, 3.8) is 0 Å². The summed E-state index contributed by atoms with van der Waals surface area (Å²) < 4.78 is 7.70. The van der Waals surface area contributed by atoms with Gasteiger partial charge in [-0.2, -0.15) is 4.98 Å². The number of anilines is 1. The number of nitro benzene ring substituents is 1. The summed E-state index contributed by atoms with van der Waals surface area (Å²) in [5.74, 6) is 2.54. The Morgan fingerprint density at radius 1 is 1.00 bits per heavy atom. The molecule has 0 saturated carbocycles. The predicted molar refractivity (Wildman–Crippen MR) is 158 cm³/mol. The van der Waals surface area contributed by atoms with Crippen LogP contribution < -0.4 is 5.32 Å². The van der Waals surface area contributed by atoms with Crippen LogP contribution >= 0.6 is 11.8 Å². The van der Waals surface area contributed by atoms with Gasteiger partial charge in [0, 0.05) is 46.7 Å². The number of nitrogens with zero attached hydrogens (tertiary/aromatic N) is 5. The van der Waals surface area contributed by atoms with E-state index in [1.165, 1.54) is 23.9 Å². The minimum Gasteiger partial charge on any atom is -0.436 e. The Bertz CT molecular complexity index is 1830. The van der Waals surface area contributed by atoms with Gasteiger partial charge in [-0.3, -0.25) is 14.9 Å². The summed E-state index contributed by atoms with van der Waals surface area (Å²) in [6, 6.07) is 23.7. The van der Waals surface area contributed by atoms with E-state index in [-0.39, 0.29) is 11.5 Å². The number of non-ortho nitro benzene ring substituents is 1. The highest BCUT2D eigenvalue weighted by molar-refractivity contribution is 7.98. The third-order valence-corrected chi connectivity index (χ3v) is 8.31. The Hall–Kier alpha value is -5.03. The summed E-state index contributed by atoms with van der Waals surface area (Å²) in [7, 11) is 0. The Balaban J connectivity index is 1.10. The number of carbonyl (C=O) groups excluding carboxylic acids is 1. The smallest absolute Gasteiger partial charge is 0.269 e. The molecule has 1 N–H and O–H groups in total. The van der Waals surface area contributed by atoms with Crippen LogP contribution in [-0.4, -0.2) is 30.5 Å². The third kappa shape index (κ3) is 4.88. The Morgan fingerprint density at radius 2 is 1.79 bits per heavy atom. The second-order valence-electron chi connectivity index (χ2n) is 10.1. The molecule has 1 atom stereocenters. The van der Waals surface area contributed by atoms with E-state index in [0.29, 0.717) is 34.7 Å². The van der Waals surface area contributed by atoms with Gasteiger partial charge in [0.25, 0.3) is 5.69 Å². The molecule has 10 nitrogen and oxygen atoms in total. The molecule has 208 valence electrons. The average molecular weight is 577 g/mol. The Kier molecular flexibility index (Phi) is 6.63. The van der Waals surface area contributed by atoms with Gasteiger partial charge >= 0.3 is 0 Å². The number of allylic oxidation sites excluding steroid dienone is 2. The highest BCUT2D eigenvalue weighted by Gasteiger charge is 2.37. The second kappa shape index (κ2) is 10.7. The van der Waals surface area contributed by atoms with E-state index in [1.807, 2.05) is 54.6 Å². The van der Waals surface area contributed by atoms with Crippen molar-refractivity contribution in [2.45, 2.75) is 36.2 Å². The SMILES string of the molecule is O=C1CCCC2=C1[C@H](c1ccc([N+](=O)[O-])cc1)n1nc(SCc3ccc(-c4ncc(-c5ccccc5)o4)cc3)nc1N2. The molecule has 3 aromatic carbocycles. The number of hydrogen-bond donors (Lipinski definition) is 1. The van der Waals surface area contributed by atoms with Crippen LogP contribution in [0.4, 0.5) is 11.6 Å². The lowest BCUT2D eigenvalue weighted by atomic mass is 9.85. The van der Waals surface area contributed by atoms with E-state index in [1.54, 1.807) is 23.0 Å². The maximum absolute atomic E-state index is 13.0. The summed E-state index contributed by atoms with van der Waals surface area (Å²) in [5, 5.41) is 19.9. The van der Waals surface area contributed by atoms with Crippen LogP contribution in [0, 0.1) is 10.1 Å². The first kappa shape index (κ1) is 25.9. The van der Waals surface area contributed by atoms with Gasteiger partial charge in [0.2, 0.25) is 17.0 Å². The summed E-state index contributed by atoms with van der Waals surface area (Å²) in [6.45, 7) is 0. The van der Waals surface area contributed by atoms with Gasteiger partial charge in [0.1, 0.15) is 6.04 Å². The highest BCUT2D eigenvalue weighted by atomic mass is 32.2. The molecule has 0 bridgehead atoms. The molecule has 2 aliphatic rings. The predicted octanol–water partition coefficient (Wildman–Crippen LogP) is 6.82. The summed E-state index contributed by atoms with van der Waals surface area (Å²) in [5.41, 5.74) is 5.20. The normalized spacial score (nSPS) is 16.1. The first-order valence-corrected chi connectivity index (χ1v) is 14.5. The van der Waals surface area contributed by atoms with Crippen molar-refractivity contribution >= 4 is 29.2 Å². The van der Waals surface area contributed by atoms with Crippen LogP contribution in [-0.2, 0) is 10.5 Å². The topological polar surface area (TPSA) is 129 Å². The Labute approximate surface area is 244 Å². The number of thioether (sulfide) groups is 1. The number of Topliss-reactive ketones (excluding diaryl/α,β-unsaturated/α-hetero) is 1. The third-order valence-electron chi connectivity index (χ3n) is 7.40.